The van der Waals surface area contributed by atoms with E-state index in [0.717, 1.165) is 49.5 Å². The van der Waals surface area contributed by atoms with Gasteiger partial charge in [0.05, 0.1) is 27.4 Å². The molecule has 3 aromatic rings. The molecule has 1 aromatic carbocycles. The van der Waals surface area contributed by atoms with Crippen LogP contribution >= 0.6 is 0 Å². The van der Waals surface area contributed by atoms with E-state index < -0.39 is 0 Å². The normalized spacial score (nSPS) is 14.8. The second kappa shape index (κ2) is 10.3. The van der Waals surface area contributed by atoms with E-state index in [2.05, 4.69) is 39.1 Å². The van der Waals surface area contributed by atoms with Gasteiger partial charge in [0.1, 0.15) is 5.82 Å². The molecule has 0 saturated carbocycles. The predicted molar refractivity (Wildman–Crippen MR) is 131 cm³/mol. The van der Waals surface area contributed by atoms with Crippen molar-refractivity contribution in [3.8, 4) is 23.1 Å². The molecule has 0 radical (unpaired) electrons. The Hall–Kier alpha value is -3.30. The van der Waals surface area contributed by atoms with E-state index in [1.807, 2.05) is 25.3 Å². The summed E-state index contributed by atoms with van der Waals surface area (Å²) in [6.07, 6.45) is 7.55. The number of aliphatic hydroxyl groups is 1. The van der Waals surface area contributed by atoms with Crippen LogP contribution in [0.15, 0.2) is 30.7 Å². The number of methoxy groups -OCH3 is 3. The van der Waals surface area contributed by atoms with Crippen molar-refractivity contribution in [1.29, 1.82) is 0 Å². The summed E-state index contributed by atoms with van der Waals surface area (Å²) in [6, 6.07) is 3.63. The minimum absolute atomic E-state index is 0.165. The second-order valence-corrected chi connectivity index (χ2v) is 8.62. The van der Waals surface area contributed by atoms with Crippen molar-refractivity contribution in [1.82, 2.24) is 19.4 Å². The Balaban J connectivity index is 1.57. The largest absolute Gasteiger partial charge is 0.493 e. The van der Waals surface area contributed by atoms with Crippen LogP contribution in [0.2, 0.25) is 0 Å². The summed E-state index contributed by atoms with van der Waals surface area (Å²) in [5.41, 5.74) is 4.16. The number of anilines is 2. The van der Waals surface area contributed by atoms with Crippen molar-refractivity contribution < 1.29 is 19.3 Å². The van der Waals surface area contributed by atoms with Gasteiger partial charge in [-0.3, -0.25) is 4.90 Å². The van der Waals surface area contributed by atoms with E-state index in [1.54, 1.807) is 21.3 Å². The highest BCUT2D eigenvalue weighted by Gasteiger charge is 2.19. The molecule has 2 N–H and O–H groups in total. The summed E-state index contributed by atoms with van der Waals surface area (Å²) < 4.78 is 18.3. The first-order valence-corrected chi connectivity index (χ1v) is 11.4. The molecule has 1 aliphatic rings. The highest BCUT2D eigenvalue weighted by Crippen LogP contribution is 2.40. The third kappa shape index (κ3) is 5.10. The third-order valence-corrected chi connectivity index (χ3v) is 6.20. The SMILES string of the molecule is COc1cc(Nc2ncc(C)c(-n3cc(C)c(CN4CCC(O)CC4)c3)n2)cc(OC)c1OC. The summed E-state index contributed by atoms with van der Waals surface area (Å²) in [6.45, 7) is 6.82. The Morgan fingerprint density at radius 3 is 2.29 bits per heavy atom. The zero-order chi connectivity index (χ0) is 24.2. The maximum Gasteiger partial charge on any atom is 0.229 e. The van der Waals surface area contributed by atoms with Crippen LogP contribution in [-0.4, -0.2) is 65.1 Å². The average molecular weight is 468 g/mol. The van der Waals surface area contributed by atoms with Gasteiger partial charge in [-0.25, -0.2) is 4.98 Å². The molecule has 0 unspecified atom stereocenters. The molecular formula is C25H33N5O4. The lowest BCUT2D eigenvalue weighted by atomic mass is 10.1. The van der Waals surface area contributed by atoms with Crippen molar-refractivity contribution in [2.75, 3.05) is 39.7 Å². The molecule has 0 aliphatic carbocycles. The van der Waals surface area contributed by atoms with Gasteiger partial charge in [-0.05, 0) is 37.8 Å². The molecule has 1 aliphatic heterocycles. The second-order valence-electron chi connectivity index (χ2n) is 8.62. The molecule has 9 nitrogen and oxygen atoms in total. The number of aromatic nitrogens is 3. The first-order chi connectivity index (χ1) is 16.4. The summed E-state index contributed by atoms with van der Waals surface area (Å²) in [4.78, 5) is 11.6. The maximum atomic E-state index is 9.78. The maximum absolute atomic E-state index is 9.78. The van der Waals surface area contributed by atoms with Crippen molar-refractivity contribution >= 4 is 11.6 Å². The highest BCUT2D eigenvalue weighted by atomic mass is 16.5. The molecular weight excluding hydrogens is 434 g/mol. The number of benzene rings is 1. The van der Waals surface area contributed by atoms with Crippen LogP contribution in [0.25, 0.3) is 5.82 Å². The van der Waals surface area contributed by atoms with Gasteiger partial charge in [0.25, 0.3) is 0 Å². The zero-order valence-electron chi connectivity index (χ0n) is 20.5. The predicted octanol–water partition coefficient (Wildman–Crippen LogP) is 3.61. The summed E-state index contributed by atoms with van der Waals surface area (Å²) in [5, 5.41) is 13.0. The minimum Gasteiger partial charge on any atom is -0.493 e. The fourth-order valence-corrected chi connectivity index (χ4v) is 4.24. The van der Waals surface area contributed by atoms with Crippen molar-refractivity contribution in [2.24, 2.45) is 0 Å². The van der Waals surface area contributed by atoms with Gasteiger partial charge in [0, 0.05) is 61.6 Å². The van der Waals surface area contributed by atoms with E-state index in [0.29, 0.717) is 23.2 Å². The Morgan fingerprint density at radius 1 is 1.00 bits per heavy atom. The van der Waals surface area contributed by atoms with Crippen molar-refractivity contribution in [2.45, 2.75) is 39.3 Å². The zero-order valence-corrected chi connectivity index (χ0v) is 20.5. The lowest BCUT2D eigenvalue weighted by Gasteiger charge is -2.29. The van der Waals surface area contributed by atoms with Crippen LogP contribution in [0.1, 0.15) is 29.5 Å². The van der Waals surface area contributed by atoms with Crippen LogP contribution in [0, 0.1) is 13.8 Å². The van der Waals surface area contributed by atoms with Gasteiger partial charge >= 0.3 is 0 Å². The number of nitrogens with zero attached hydrogens (tertiary/aromatic N) is 4. The van der Waals surface area contributed by atoms with Crippen molar-refractivity contribution in [3.63, 3.8) is 0 Å². The molecule has 0 spiro atoms. The lowest BCUT2D eigenvalue weighted by molar-refractivity contribution is 0.0792. The molecule has 34 heavy (non-hydrogen) atoms. The molecule has 4 rings (SSSR count). The van der Waals surface area contributed by atoms with Crippen LogP contribution in [-0.2, 0) is 6.54 Å². The van der Waals surface area contributed by atoms with Gasteiger partial charge in [0.2, 0.25) is 11.7 Å². The number of hydrogen-bond donors (Lipinski definition) is 2. The van der Waals surface area contributed by atoms with E-state index in [9.17, 15) is 5.11 Å². The molecule has 0 amide bonds. The Kier molecular flexibility index (Phi) is 7.23. The standard InChI is InChI=1S/C25H33N5O4/c1-16-12-26-25(27-19-10-21(32-3)23(34-5)22(11-19)33-4)28-24(16)30-13-17(2)18(15-30)14-29-8-6-20(31)7-9-29/h10-13,15,20,31H,6-9,14H2,1-5H3,(H,26,27,28). The van der Waals surface area contributed by atoms with E-state index in [4.69, 9.17) is 19.2 Å². The van der Waals surface area contributed by atoms with Crippen LogP contribution < -0.4 is 19.5 Å². The highest BCUT2D eigenvalue weighted by molar-refractivity contribution is 5.66. The Morgan fingerprint density at radius 2 is 1.68 bits per heavy atom. The molecule has 9 heteroatoms. The molecule has 1 fully saturated rings. The summed E-state index contributed by atoms with van der Waals surface area (Å²) >= 11 is 0. The van der Waals surface area contributed by atoms with Crippen molar-refractivity contribution in [3.05, 3.63) is 47.4 Å². The Bertz CT molecular complexity index is 1110. The fraction of sp³-hybridized carbons (Fsp3) is 0.440. The fourth-order valence-electron chi connectivity index (χ4n) is 4.24. The Labute approximate surface area is 200 Å². The van der Waals surface area contributed by atoms with E-state index >= 15 is 0 Å². The number of likely N-dealkylation sites (tertiary alicyclic amines) is 1. The number of hydrogen-bond acceptors (Lipinski definition) is 8. The third-order valence-electron chi connectivity index (χ3n) is 6.20. The number of piperidine rings is 1. The van der Waals surface area contributed by atoms with Gasteiger partial charge in [-0.1, -0.05) is 0 Å². The minimum atomic E-state index is -0.165. The quantitative estimate of drug-likeness (QED) is 0.519. The lowest BCUT2D eigenvalue weighted by Crippen LogP contribution is -2.35. The number of aryl methyl sites for hydroxylation is 2. The van der Waals surface area contributed by atoms with Gasteiger partial charge in [-0.15, -0.1) is 0 Å². The first kappa shape index (κ1) is 23.8. The topological polar surface area (TPSA) is 93.9 Å². The molecule has 1 saturated heterocycles. The van der Waals surface area contributed by atoms with Crippen LogP contribution in [0.4, 0.5) is 11.6 Å². The van der Waals surface area contributed by atoms with Crippen LogP contribution in [0.3, 0.4) is 0 Å². The average Bonchev–Trinajstić information content (AvgIpc) is 3.20. The van der Waals surface area contributed by atoms with Gasteiger partial charge in [0.15, 0.2) is 11.5 Å². The van der Waals surface area contributed by atoms with E-state index in [1.165, 1.54) is 11.1 Å². The van der Waals surface area contributed by atoms with Gasteiger partial charge in [-0.2, -0.15) is 4.98 Å². The van der Waals surface area contributed by atoms with Gasteiger partial charge < -0.3 is 29.2 Å². The molecule has 0 bridgehead atoms. The molecule has 2 aromatic heterocycles. The number of nitrogens with one attached hydrogen (secondary N) is 1. The summed E-state index contributed by atoms with van der Waals surface area (Å²) in [5.74, 6) is 2.90. The van der Waals surface area contributed by atoms with E-state index in [-0.39, 0.29) is 6.10 Å². The number of aliphatic hydroxyl groups excluding tert-OH is 1. The smallest absolute Gasteiger partial charge is 0.229 e. The summed E-state index contributed by atoms with van der Waals surface area (Å²) in [7, 11) is 4.74. The molecule has 0 atom stereocenters. The van der Waals surface area contributed by atoms with Crippen LogP contribution in [0.5, 0.6) is 17.2 Å². The molecule has 3 heterocycles. The number of rotatable bonds is 8. The number of ether oxygens (including phenoxy) is 3. The first-order valence-electron chi connectivity index (χ1n) is 11.4. The molecule has 182 valence electrons. The monoisotopic (exact) mass is 467 g/mol.